The van der Waals surface area contributed by atoms with Crippen LogP contribution in [0, 0.1) is 36.0 Å². The summed E-state index contributed by atoms with van der Waals surface area (Å²) in [5.74, 6) is -8.99. The summed E-state index contributed by atoms with van der Waals surface area (Å²) in [6, 6.07) is 5.69. The van der Waals surface area contributed by atoms with Gasteiger partial charge in [0.2, 0.25) is 5.82 Å². The van der Waals surface area contributed by atoms with Gasteiger partial charge in [0.05, 0.1) is 5.19 Å². The summed E-state index contributed by atoms with van der Waals surface area (Å²) in [7, 11) is -3.18. The summed E-state index contributed by atoms with van der Waals surface area (Å²) in [4.78, 5) is 1.06. The maximum Gasteiger partial charge on any atom is 0.391 e. The van der Waals surface area contributed by atoms with Gasteiger partial charge < -0.3 is 0 Å². The maximum absolute atomic E-state index is 14.3. The van der Waals surface area contributed by atoms with Crippen molar-refractivity contribution in [1.29, 1.82) is 0 Å². The Morgan fingerprint density at radius 1 is 0.920 bits per heavy atom. The predicted octanol–water partition coefficient (Wildman–Crippen LogP) is 4.30. The molecule has 0 N–H and O–H groups in total. The average Bonchev–Trinajstić information content (AvgIpc) is 2.58. The number of benzene rings is 2. The van der Waals surface area contributed by atoms with Crippen molar-refractivity contribution in [3.05, 3.63) is 58.4 Å². The third-order valence-corrected chi connectivity index (χ3v) is 9.29. The molecule has 0 radical (unpaired) electrons. The van der Waals surface area contributed by atoms with Crippen LogP contribution in [0.3, 0.4) is 0 Å². The van der Waals surface area contributed by atoms with E-state index >= 15 is 0 Å². The minimum atomic E-state index is -3.18. The van der Waals surface area contributed by atoms with Gasteiger partial charge >= 0.3 is 8.24 Å². The standard InChI is InChI=1S/C17H15F5NSSi/c1-9-5-4-6-10-7-23(8-24-16(9)10)25(2,3)17-14(21)12(19)11(18)13(20)15(17)22/h4-7H,8H2,1-3H3/q+1. The summed E-state index contributed by atoms with van der Waals surface area (Å²) >= 11 is 1.49. The molecule has 0 fully saturated rings. The first-order chi connectivity index (χ1) is 11.7. The molecule has 1 aliphatic rings. The first-order valence-electron chi connectivity index (χ1n) is 7.52. The Kier molecular flexibility index (Phi) is 4.53. The van der Waals surface area contributed by atoms with Crippen LogP contribution in [0.2, 0.25) is 13.1 Å². The highest BCUT2D eigenvalue weighted by atomic mass is 32.2. The van der Waals surface area contributed by atoms with Gasteiger partial charge in [0.15, 0.2) is 35.4 Å². The van der Waals surface area contributed by atoms with E-state index in [1.807, 2.05) is 25.1 Å². The van der Waals surface area contributed by atoms with Gasteiger partial charge in [-0.25, -0.2) is 22.0 Å². The topological polar surface area (TPSA) is 3.01 Å². The molecular formula is C17H15F5NSSi+. The second-order valence-corrected chi connectivity index (χ2v) is 11.5. The maximum atomic E-state index is 14.3. The molecule has 2 aromatic carbocycles. The van der Waals surface area contributed by atoms with Gasteiger partial charge in [0.25, 0.3) is 0 Å². The molecule has 2 aromatic rings. The summed E-state index contributed by atoms with van der Waals surface area (Å²) in [6.07, 6.45) is 1.75. The normalized spacial score (nSPS) is 14.3. The molecule has 0 amide bonds. The molecule has 1 heterocycles. The van der Waals surface area contributed by atoms with Crippen LogP contribution in [0.5, 0.6) is 0 Å². The van der Waals surface area contributed by atoms with E-state index in [2.05, 4.69) is 0 Å². The first-order valence-corrected chi connectivity index (χ1v) is 11.5. The molecule has 0 saturated carbocycles. The van der Waals surface area contributed by atoms with Crippen LogP contribution < -0.4 is 5.19 Å². The molecule has 0 bridgehead atoms. The Morgan fingerprint density at radius 3 is 2.08 bits per heavy atom. The van der Waals surface area contributed by atoms with Gasteiger partial charge in [-0.15, -0.1) is 0 Å². The predicted molar refractivity (Wildman–Crippen MR) is 90.7 cm³/mol. The summed E-state index contributed by atoms with van der Waals surface area (Å²) in [5, 5.41) is -0.697. The molecule has 132 valence electrons. The number of hydrogen-bond donors (Lipinski definition) is 0. The highest BCUT2D eigenvalue weighted by Crippen LogP contribution is 2.30. The van der Waals surface area contributed by atoms with E-state index in [1.54, 1.807) is 23.5 Å². The number of aryl methyl sites for hydroxylation is 1. The Morgan fingerprint density at radius 2 is 1.48 bits per heavy atom. The lowest BCUT2D eigenvalue weighted by Crippen LogP contribution is -2.57. The largest absolute Gasteiger partial charge is 0.391 e. The molecule has 0 aromatic heterocycles. The number of halogens is 5. The lowest BCUT2D eigenvalue weighted by Gasteiger charge is -2.25. The fraction of sp³-hybridized carbons (Fsp3) is 0.235. The van der Waals surface area contributed by atoms with Crippen molar-refractivity contribution in [3.63, 3.8) is 0 Å². The van der Waals surface area contributed by atoms with E-state index in [4.69, 9.17) is 0 Å². The molecule has 1 aliphatic heterocycles. The van der Waals surface area contributed by atoms with E-state index in [0.29, 0.717) is 5.88 Å². The van der Waals surface area contributed by atoms with Crippen LogP contribution in [-0.4, -0.2) is 24.6 Å². The molecule has 0 unspecified atom stereocenters. The number of nitrogens with zero attached hydrogens (tertiary/aromatic N) is 1. The molecule has 0 saturated heterocycles. The smallest absolute Gasteiger partial charge is 0.296 e. The summed E-state index contributed by atoms with van der Waals surface area (Å²) in [5.41, 5.74) is 1.95. The van der Waals surface area contributed by atoms with Crippen molar-refractivity contribution in [2.24, 2.45) is 0 Å². The summed E-state index contributed by atoms with van der Waals surface area (Å²) < 4.78 is 70.8. The van der Waals surface area contributed by atoms with Crippen molar-refractivity contribution in [2.45, 2.75) is 24.9 Å². The fourth-order valence-electron chi connectivity index (χ4n) is 2.92. The zero-order valence-electron chi connectivity index (χ0n) is 13.8. The number of fused-ring (bicyclic) bond motifs is 1. The van der Waals surface area contributed by atoms with E-state index in [0.717, 1.165) is 16.0 Å². The molecule has 0 atom stereocenters. The monoisotopic (exact) mass is 388 g/mol. The molecule has 0 aliphatic carbocycles. The molecule has 1 nitrogen and oxygen atoms in total. The fourth-order valence-corrected chi connectivity index (χ4v) is 7.37. The van der Waals surface area contributed by atoms with Crippen LogP contribution in [0.15, 0.2) is 23.1 Å². The van der Waals surface area contributed by atoms with E-state index < -0.39 is 42.5 Å². The Labute approximate surface area is 147 Å². The second-order valence-electron chi connectivity index (χ2n) is 6.37. The quantitative estimate of drug-likeness (QED) is 0.321. The van der Waals surface area contributed by atoms with Gasteiger partial charge in [0, 0.05) is 10.5 Å². The van der Waals surface area contributed by atoms with Crippen molar-refractivity contribution < 1.29 is 26.2 Å². The number of hydrogen-bond acceptors (Lipinski definition) is 1. The Balaban J connectivity index is 2.19. The van der Waals surface area contributed by atoms with Gasteiger partial charge in [-0.2, -0.15) is 0 Å². The van der Waals surface area contributed by atoms with Gasteiger partial charge in [0.1, 0.15) is 0 Å². The average molecular weight is 388 g/mol. The number of thioether (sulfide) groups is 1. The highest BCUT2D eigenvalue weighted by Gasteiger charge is 2.47. The highest BCUT2D eigenvalue weighted by molar-refractivity contribution is 7.99. The van der Waals surface area contributed by atoms with Crippen LogP contribution in [0.1, 0.15) is 11.1 Å². The third kappa shape index (κ3) is 2.81. The zero-order chi connectivity index (χ0) is 18.5. The SMILES string of the molecule is Cc1cccc2c1SC[N+]([Si](C)(C)c1c(F)c(F)c(F)c(F)c1F)=C2. The van der Waals surface area contributed by atoms with Gasteiger partial charge in [-0.3, -0.25) is 4.24 Å². The molecule has 0 spiro atoms. The van der Waals surface area contributed by atoms with Gasteiger partial charge in [-0.05, 0) is 31.6 Å². The number of rotatable bonds is 2. The minimum Gasteiger partial charge on any atom is -0.296 e. The lowest BCUT2D eigenvalue weighted by atomic mass is 10.1. The van der Waals surface area contributed by atoms with Crippen molar-refractivity contribution in [1.82, 2.24) is 0 Å². The van der Waals surface area contributed by atoms with Crippen molar-refractivity contribution >= 4 is 31.4 Å². The third-order valence-electron chi connectivity index (χ3n) is 4.42. The molecular weight excluding hydrogens is 373 g/mol. The first kappa shape index (κ1) is 18.1. The summed E-state index contributed by atoms with van der Waals surface area (Å²) in [6.45, 7) is 5.11. The van der Waals surface area contributed by atoms with Crippen LogP contribution in [-0.2, 0) is 0 Å². The van der Waals surface area contributed by atoms with E-state index in [-0.39, 0.29) is 0 Å². The van der Waals surface area contributed by atoms with E-state index in [1.165, 1.54) is 11.8 Å². The minimum absolute atomic E-state index is 0.385. The van der Waals surface area contributed by atoms with Crippen molar-refractivity contribution in [3.8, 4) is 0 Å². The van der Waals surface area contributed by atoms with Crippen LogP contribution in [0.4, 0.5) is 22.0 Å². The van der Waals surface area contributed by atoms with Crippen LogP contribution >= 0.6 is 11.8 Å². The second kappa shape index (κ2) is 6.24. The Bertz CT molecular complexity index is 881. The molecule has 3 rings (SSSR count). The molecule has 8 heteroatoms. The zero-order valence-corrected chi connectivity index (χ0v) is 15.6. The lowest BCUT2D eigenvalue weighted by molar-refractivity contribution is -0.365. The van der Waals surface area contributed by atoms with Crippen molar-refractivity contribution in [2.75, 3.05) is 5.88 Å². The Hall–Kier alpha value is -1.67. The van der Waals surface area contributed by atoms with Crippen LogP contribution in [0.25, 0.3) is 0 Å². The van der Waals surface area contributed by atoms with Gasteiger partial charge in [-0.1, -0.05) is 23.9 Å². The molecule has 25 heavy (non-hydrogen) atoms. The van der Waals surface area contributed by atoms with E-state index in [9.17, 15) is 22.0 Å².